The van der Waals surface area contributed by atoms with E-state index in [4.69, 9.17) is 0 Å². The van der Waals surface area contributed by atoms with E-state index >= 15 is 0 Å². The van der Waals surface area contributed by atoms with Crippen LogP contribution in [0, 0.1) is 0 Å². The number of nitrogens with zero attached hydrogens (tertiary/aromatic N) is 4. The first-order valence-electron chi connectivity index (χ1n) is 10.3. The van der Waals surface area contributed by atoms with E-state index in [0.29, 0.717) is 0 Å². The normalized spacial score (nSPS) is 42.6. The predicted molar refractivity (Wildman–Crippen MR) is 94.4 cm³/mol. The van der Waals surface area contributed by atoms with E-state index in [2.05, 4.69) is 43.2 Å². The van der Waals surface area contributed by atoms with E-state index in [0.717, 1.165) is 30.6 Å². The molecule has 0 aromatic carbocycles. The first-order chi connectivity index (χ1) is 12.4. The Labute approximate surface area is 148 Å². The molecule has 0 N–H and O–H groups in total. The summed E-state index contributed by atoms with van der Waals surface area (Å²) in [5, 5.41) is 0. The SMILES string of the molecule is c1cc2n3c1Cc1ccc4n1C31N3C(CCC3CC3CCC(C4)N31)C2. The van der Waals surface area contributed by atoms with Crippen LogP contribution < -0.4 is 0 Å². The second kappa shape index (κ2) is 3.77. The summed E-state index contributed by atoms with van der Waals surface area (Å²) in [5.41, 5.74) is 6.28. The molecule has 0 saturated carbocycles. The van der Waals surface area contributed by atoms with E-state index in [1.54, 1.807) is 22.8 Å². The number of aromatic nitrogens is 2. The summed E-state index contributed by atoms with van der Waals surface area (Å²) in [6, 6.07) is 12.8. The molecule has 2 aromatic rings. The van der Waals surface area contributed by atoms with E-state index in [-0.39, 0.29) is 5.91 Å². The third-order valence-corrected chi connectivity index (χ3v) is 8.41. The molecule has 0 aliphatic carbocycles. The molecule has 2 aromatic heterocycles. The Morgan fingerprint density at radius 3 is 1.68 bits per heavy atom. The fourth-order valence-electron chi connectivity index (χ4n) is 7.86. The molecule has 0 radical (unpaired) electrons. The van der Waals surface area contributed by atoms with Crippen LogP contribution in [0.1, 0.15) is 54.9 Å². The lowest BCUT2D eigenvalue weighted by Gasteiger charge is -2.66. The zero-order valence-electron chi connectivity index (χ0n) is 14.6. The van der Waals surface area contributed by atoms with Gasteiger partial charge < -0.3 is 0 Å². The van der Waals surface area contributed by atoms with Crippen LogP contribution in [0.4, 0.5) is 0 Å². The molecule has 25 heavy (non-hydrogen) atoms. The van der Waals surface area contributed by atoms with Crippen molar-refractivity contribution in [1.29, 1.82) is 0 Å². The lowest BCUT2D eigenvalue weighted by Crippen LogP contribution is -2.79. The van der Waals surface area contributed by atoms with Gasteiger partial charge in [-0.15, -0.1) is 0 Å². The van der Waals surface area contributed by atoms with E-state index in [1.165, 1.54) is 44.9 Å². The maximum atomic E-state index is 2.99. The second-order valence-corrected chi connectivity index (χ2v) is 9.31. The van der Waals surface area contributed by atoms with Gasteiger partial charge in [0.05, 0.1) is 0 Å². The first-order valence-corrected chi connectivity index (χ1v) is 10.3. The lowest BCUT2D eigenvalue weighted by molar-refractivity contribution is -0.242. The molecule has 4 unspecified atom stereocenters. The highest BCUT2D eigenvalue weighted by molar-refractivity contribution is 5.38. The van der Waals surface area contributed by atoms with Gasteiger partial charge in [-0.1, -0.05) is 0 Å². The lowest BCUT2D eigenvalue weighted by atomic mass is 9.94. The van der Waals surface area contributed by atoms with Crippen LogP contribution in [0.2, 0.25) is 0 Å². The molecule has 6 aliphatic rings. The summed E-state index contributed by atoms with van der Waals surface area (Å²) >= 11 is 0. The highest BCUT2D eigenvalue weighted by atomic mass is 15.7. The average Bonchev–Trinajstić information content (AvgIpc) is 3.38. The maximum absolute atomic E-state index is 2.99. The third kappa shape index (κ3) is 1.15. The van der Waals surface area contributed by atoms with Crippen molar-refractivity contribution in [3.63, 3.8) is 0 Å². The Kier molecular flexibility index (Phi) is 1.92. The molecular formula is C21H24N4. The molecular weight excluding hydrogens is 308 g/mol. The molecule has 0 bridgehead atoms. The Hall–Kier alpha value is -1.52. The summed E-state index contributed by atoms with van der Waals surface area (Å²) in [7, 11) is 0. The number of hydrogen-bond donors (Lipinski definition) is 0. The topological polar surface area (TPSA) is 16.3 Å². The Bertz CT molecular complexity index is 862. The standard InChI is InChI=1S/C21H24N4/c1-2-14-10-16-5-6-18-12-20-8-7-19-11-17-4-3-15-9-13(1)22(14)21(23(15)17,24(16)18)25(19)20/h1-4,16,18-20H,5-12H2. The largest absolute Gasteiger partial charge is 0.299 e. The van der Waals surface area contributed by atoms with Crippen molar-refractivity contribution >= 4 is 0 Å². The molecule has 4 nitrogen and oxygen atoms in total. The predicted octanol–water partition coefficient (Wildman–Crippen LogP) is 2.49. The van der Waals surface area contributed by atoms with Crippen molar-refractivity contribution in [1.82, 2.24) is 18.9 Å². The summed E-state index contributed by atoms with van der Waals surface area (Å²) in [4.78, 5) is 5.98. The fraction of sp³-hybridized carbons (Fsp3) is 0.619. The molecule has 4 atom stereocenters. The zero-order valence-corrected chi connectivity index (χ0v) is 14.6. The molecule has 6 aliphatic heterocycles. The van der Waals surface area contributed by atoms with Crippen molar-refractivity contribution in [2.45, 2.75) is 81.4 Å². The van der Waals surface area contributed by atoms with Crippen molar-refractivity contribution in [3.8, 4) is 0 Å². The quantitative estimate of drug-likeness (QED) is 0.737. The average molecular weight is 332 g/mol. The smallest absolute Gasteiger partial charge is 0.243 e. The summed E-state index contributed by atoms with van der Waals surface area (Å²) in [6.07, 6.45) is 10.6. The van der Waals surface area contributed by atoms with Gasteiger partial charge in [-0.25, -0.2) is 9.80 Å². The summed E-state index contributed by atoms with van der Waals surface area (Å²) in [5.74, 6) is -0.0347. The maximum Gasteiger partial charge on any atom is 0.243 e. The van der Waals surface area contributed by atoms with Crippen LogP contribution in [-0.4, -0.2) is 43.1 Å². The van der Waals surface area contributed by atoms with Crippen LogP contribution in [0.25, 0.3) is 0 Å². The van der Waals surface area contributed by atoms with Gasteiger partial charge in [-0.3, -0.25) is 9.13 Å². The van der Waals surface area contributed by atoms with Gasteiger partial charge in [0.1, 0.15) is 0 Å². The first kappa shape index (κ1) is 12.8. The van der Waals surface area contributed by atoms with Gasteiger partial charge >= 0.3 is 0 Å². The molecule has 3 saturated heterocycles. The Morgan fingerprint density at radius 2 is 1.12 bits per heavy atom. The highest BCUT2D eigenvalue weighted by Crippen LogP contribution is 2.57. The Morgan fingerprint density at radius 1 is 0.640 bits per heavy atom. The zero-order chi connectivity index (χ0) is 15.9. The van der Waals surface area contributed by atoms with Crippen molar-refractivity contribution in [2.75, 3.05) is 0 Å². The third-order valence-electron chi connectivity index (χ3n) is 8.41. The number of rotatable bonds is 0. The summed E-state index contributed by atoms with van der Waals surface area (Å²) in [6.45, 7) is 0. The van der Waals surface area contributed by atoms with Gasteiger partial charge in [0, 0.05) is 66.2 Å². The van der Waals surface area contributed by atoms with Crippen LogP contribution in [0.3, 0.4) is 0 Å². The van der Waals surface area contributed by atoms with Crippen LogP contribution >= 0.6 is 0 Å². The molecule has 8 heterocycles. The highest BCUT2D eigenvalue weighted by Gasteiger charge is 2.67. The second-order valence-electron chi connectivity index (χ2n) is 9.31. The molecule has 0 amide bonds. The minimum absolute atomic E-state index is 0.0347. The number of hydrogen-bond acceptors (Lipinski definition) is 2. The van der Waals surface area contributed by atoms with Crippen molar-refractivity contribution in [3.05, 3.63) is 47.0 Å². The van der Waals surface area contributed by atoms with Gasteiger partial charge in [-0.2, -0.15) is 0 Å². The van der Waals surface area contributed by atoms with Crippen LogP contribution in [-0.2, 0) is 25.2 Å². The monoisotopic (exact) mass is 332 g/mol. The minimum Gasteiger partial charge on any atom is -0.299 e. The molecule has 128 valence electrons. The molecule has 4 heteroatoms. The minimum atomic E-state index is -0.0347. The fourth-order valence-corrected chi connectivity index (χ4v) is 7.86. The van der Waals surface area contributed by atoms with Crippen molar-refractivity contribution in [2.24, 2.45) is 0 Å². The van der Waals surface area contributed by atoms with E-state index in [9.17, 15) is 0 Å². The molecule has 1 spiro atoms. The summed E-state index contributed by atoms with van der Waals surface area (Å²) < 4.78 is 5.59. The van der Waals surface area contributed by atoms with E-state index < -0.39 is 0 Å². The Balaban J connectivity index is 1.57. The van der Waals surface area contributed by atoms with Gasteiger partial charge in [-0.05, 0) is 56.4 Å². The van der Waals surface area contributed by atoms with Gasteiger partial charge in [0.15, 0.2) is 0 Å². The van der Waals surface area contributed by atoms with Gasteiger partial charge in [0.25, 0.3) is 0 Å². The molecule has 8 rings (SSSR count). The van der Waals surface area contributed by atoms with Gasteiger partial charge in [0.2, 0.25) is 5.91 Å². The van der Waals surface area contributed by atoms with Crippen LogP contribution in [0.5, 0.6) is 0 Å². The van der Waals surface area contributed by atoms with E-state index in [1.807, 2.05) is 0 Å². The van der Waals surface area contributed by atoms with Crippen molar-refractivity contribution < 1.29 is 0 Å². The molecule has 3 fully saturated rings. The van der Waals surface area contributed by atoms with Crippen LogP contribution in [0.15, 0.2) is 24.3 Å².